The molecule has 1 unspecified atom stereocenters. The number of aromatic amines is 1. The maximum Gasteiger partial charge on any atom is 0.329 e. The standard InChI is InChI=1S/C24H23N3O3S/c1-2-6-16-10-12-17(13-11-16)22(20-9-5-14-31-20)26-21(28)15-27-23(29)18-7-3-4-8-19(18)25-24(27)30/h3-5,7-14,22H,2,6,15H2,1H3,(H,25,30)(H,26,28). The van der Waals surface area contributed by atoms with Gasteiger partial charge in [0.15, 0.2) is 0 Å². The summed E-state index contributed by atoms with van der Waals surface area (Å²) in [6, 6.07) is 18.5. The molecule has 158 valence electrons. The third-order valence-corrected chi connectivity index (χ3v) is 6.11. The molecule has 0 radical (unpaired) electrons. The number of amides is 1. The van der Waals surface area contributed by atoms with Crippen LogP contribution in [0, 0.1) is 0 Å². The molecular weight excluding hydrogens is 410 g/mol. The number of H-pyrrole nitrogens is 1. The smallest absolute Gasteiger partial charge is 0.329 e. The van der Waals surface area contributed by atoms with Crippen molar-refractivity contribution in [3.63, 3.8) is 0 Å². The maximum absolute atomic E-state index is 12.9. The minimum absolute atomic E-state index is 0.349. The molecule has 2 N–H and O–H groups in total. The molecule has 7 heteroatoms. The van der Waals surface area contributed by atoms with Gasteiger partial charge in [0.2, 0.25) is 5.91 Å². The third-order valence-electron chi connectivity index (χ3n) is 5.18. The predicted molar refractivity (Wildman–Crippen MR) is 124 cm³/mol. The Hall–Kier alpha value is -3.45. The van der Waals surface area contributed by atoms with Gasteiger partial charge in [0, 0.05) is 4.88 Å². The maximum atomic E-state index is 12.9. The summed E-state index contributed by atoms with van der Waals surface area (Å²) in [6.07, 6.45) is 2.07. The monoisotopic (exact) mass is 433 g/mol. The lowest BCUT2D eigenvalue weighted by atomic mass is 10.0. The molecule has 2 aromatic heterocycles. The summed E-state index contributed by atoms with van der Waals surface area (Å²) in [7, 11) is 0. The molecule has 2 heterocycles. The van der Waals surface area contributed by atoms with E-state index in [0.717, 1.165) is 27.8 Å². The van der Waals surface area contributed by atoms with Crippen molar-refractivity contribution in [1.29, 1.82) is 0 Å². The van der Waals surface area contributed by atoms with Gasteiger partial charge in [-0.05, 0) is 41.1 Å². The van der Waals surface area contributed by atoms with Gasteiger partial charge in [-0.3, -0.25) is 14.2 Å². The normalized spacial score (nSPS) is 12.0. The van der Waals surface area contributed by atoms with E-state index in [2.05, 4.69) is 29.4 Å². The van der Waals surface area contributed by atoms with Gasteiger partial charge in [-0.1, -0.05) is 55.8 Å². The molecule has 0 aliphatic carbocycles. The highest BCUT2D eigenvalue weighted by atomic mass is 32.1. The number of thiophene rings is 1. The van der Waals surface area contributed by atoms with Crippen LogP contribution in [0.15, 0.2) is 75.6 Å². The first kappa shape index (κ1) is 20.8. The lowest BCUT2D eigenvalue weighted by Crippen LogP contribution is -2.41. The Labute approximate surface area is 183 Å². The highest BCUT2D eigenvalue weighted by molar-refractivity contribution is 7.10. The Balaban J connectivity index is 1.61. The highest BCUT2D eigenvalue weighted by Gasteiger charge is 2.19. The SMILES string of the molecule is CCCc1ccc(C(NC(=O)Cn2c(=O)[nH]c3ccccc3c2=O)c2cccs2)cc1. The molecule has 0 saturated carbocycles. The quantitative estimate of drug-likeness (QED) is 0.467. The van der Waals surface area contributed by atoms with Crippen molar-refractivity contribution < 1.29 is 4.79 Å². The molecule has 0 aliphatic rings. The number of fused-ring (bicyclic) bond motifs is 1. The number of carbonyl (C=O) groups is 1. The lowest BCUT2D eigenvalue weighted by molar-refractivity contribution is -0.122. The number of nitrogens with one attached hydrogen (secondary N) is 2. The van der Waals surface area contributed by atoms with Gasteiger partial charge in [0.25, 0.3) is 5.56 Å². The number of benzene rings is 2. The van der Waals surface area contributed by atoms with Crippen LogP contribution in [0.1, 0.15) is 35.4 Å². The van der Waals surface area contributed by atoms with E-state index >= 15 is 0 Å². The Morgan fingerprint density at radius 1 is 1.06 bits per heavy atom. The number of para-hydroxylation sites is 1. The summed E-state index contributed by atoms with van der Waals surface area (Å²) in [4.78, 5) is 41.7. The van der Waals surface area contributed by atoms with Crippen molar-refractivity contribution in [3.05, 3.63) is 103 Å². The number of aromatic nitrogens is 2. The second-order valence-corrected chi connectivity index (χ2v) is 8.35. The molecule has 31 heavy (non-hydrogen) atoms. The molecule has 2 aromatic carbocycles. The average molecular weight is 434 g/mol. The van der Waals surface area contributed by atoms with E-state index < -0.39 is 17.2 Å². The van der Waals surface area contributed by atoms with Crippen molar-refractivity contribution >= 4 is 28.1 Å². The Morgan fingerprint density at radius 2 is 1.84 bits per heavy atom. The van der Waals surface area contributed by atoms with Crippen LogP contribution in [0.4, 0.5) is 0 Å². The van der Waals surface area contributed by atoms with Crippen LogP contribution in [0.25, 0.3) is 10.9 Å². The van der Waals surface area contributed by atoms with Gasteiger partial charge in [0.1, 0.15) is 6.54 Å². The predicted octanol–water partition coefficient (Wildman–Crippen LogP) is 3.61. The molecule has 0 fully saturated rings. The lowest BCUT2D eigenvalue weighted by Gasteiger charge is -2.19. The van der Waals surface area contributed by atoms with Crippen LogP contribution in [-0.2, 0) is 17.8 Å². The van der Waals surface area contributed by atoms with Crippen LogP contribution in [-0.4, -0.2) is 15.5 Å². The first-order valence-electron chi connectivity index (χ1n) is 10.2. The molecule has 0 bridgehead atoms. The van der Waals surface area contributed by atoms with Gasteiger partial charge in [-0.2, -0.15) is 0 Å². The molecule has 0 spiro atoms. The summed E-state index contributed by atoms with van der Waals surface area (Å²) in [5.41, 5.74) is 1.58. The van der Waals surface area contributed by atoms with E-state index in [1.165, 1.54) is 5.56 Å². The molecule has 6 nitrogen and oxygen atoms in total. The molecule has 1 amide bonds. The van der Waals surface area contributed by atoms with Crippen molar-refractivity contribution in [1.82, 2.24) is 14.9 Å². The summed E-state index contributed by atoms with van der Waals surface area (Å²) in [6.45, 7) is 1.79. The molecule has 4 aromatic rings. The van der Waals surface area contributed by atoms with E-state index in [4.69, 9.17) is 0 Å². The fourth-order valence-corrected chi connectivity index (χ4v) is 4.43. The van der Waals surface area contributed by atoms with Crippen molar-refractivity contribution in [2.45, 2.75) is 32.4 Å². The van der Waals surface area contributed by atoms with Gasteiger partial charge in [-0.15, -0.1) is 11.3 Å². The number of nitrogens with zero attached hydrogens (tertiary/aromatic N) is 1. The number of carbonyl (C=O) groups excluding carboxylic acids is 1. The van der Waals surface area contributed by atoms with E-state index in [1.807, 2.05) is 29.6 Å². The average Bonchev–Trinajstić information content (AvgIpc) is 3.30. The van der Waals surface area contributed by atoms with Gasteiger partial charge >= 0.3 is 5.69 Å². The molecule has 1 atom stereocenters. The van der Waals surface area contributed by atoms with Gasteiger partial charge in [-0.25, -0.2) is 4.79 Å². The topological polar surface area (TPSA) is 84.0 Å². The highest BCUT2D eigenvalue weighted by Crippen LogP contribution is 2.26. The van der Waals surface area contributed by atoms with Crippen LogP contribution in [0.5, 0.6) is 0 Å². The minimum Gasteiger partial charge on any atom is -0.343 e. The van der Waals surface area contributed by atoms with Gasteiger partial charge < -0.3 is 10.3 Å². The van der Waals surface area contributed by atoms with Crippen molar-refractivity contribution in [3.8, 4) is 0 Å². The summed E-state index contributed by atoms with van der Waals surface area (Å²) in [5, 5.41) is 5.33. The van der Waals surface area contributed by atoms with E-state index in [1.54, 1.807) is 35.6 Å². The number of aryl methyl sites for hydroxylation is 1. The van der Waals surface area contributed by atoms with Crippen molar-refractivity contribution in [2.75, 3.05) is 0 Å². The summed E-state index contributed by atoms with van der Waals surface area (Å²) < 4.78 is 0.938. The first-order valence-corrected chi connectivity index (χ1v) is 11.1. The van der Waals surface area contributed by atoms with E-state index in [0.29, 0.717) is 10.9 Å². The minimum atomic E-state index is -0.601. The second-order valence-electron chi connectivity index (χ2n) is 7.37. The third kappa shape index (κ3) is 4.51. The Morgan fingerprint density at radius 3 is 2.55 bits per heavy atom. The zero-order valence-electron chi connectivity index (χ0n) is 17.1. The van der Waals surface area contributed by atoms with Crippen LogP contribution >= 0.6 is 11.3 Å². The summed E-state index contributed by atoms with van der Waals surface area (Å²) in [5.74, 6) is -0.404. The number of rotatable bonds is 7. The molecular formula is C24H23N3O3S. The van der Waals surface area contributed by atoms with Crippen LogP contribution in [0.3, 0.4) is 0 Å². The zero-order valence-corrected chi connectivity index (χ0v) is 17.9. The zero-order chi connectivity index (χ0) is 21.8. The molecule has 0 aliphatic heterocycles. The van der Waals surface area contributed by atoms with Crippen molar-refractivity contribution in [2.24, 2.45) is 0 Å². The fraction of sp³-hybridized carbons (Fsp3) is 0.208. The largest absolute Gasteiger partial charge is 0.343 e. The number of hydrogen-bond donors (Lipinski definition) is 2. The van der Waals surface area contributed by atoms with Crippen LogP contribution < -0.4 is 16.6 Å². The van der Waals surface area contributed by atoms with Gasteiger partial charge in [0.05, 0.1) is 16.9 Å². The first-order chi connectivity index (χ1) is 15.1. The molecule has 4 rings (SSSR count). The Kier molecular flexibility index (Phi) is 6.13. The fourth-order valence-electron chi connectivity index (χ4n) is 3.63. The number of hydrogen-bond acceptors (Lipinski definition) is 4. The van der Waals surface area contributed by atoms with E-state index in [9.17, 15) is 14.4 Å². The molecule has 0 saturated heterocycles. The van der Waals surface area contributed by atoms with E-state index in [-0.39, 0.29) is 12.6 Å². The van der Waals surface area contributed by atoms with Crippen LogP contribution in [0.2, 0.25) is 0 Å². The Bertz CT molecular complexity index is 1300. The summed E-state index contributed by atoms with van der Waals surface area (Å²) >= 11 is 1.55. The second kappa shape index (κ2) is 9.14.